The van der Waals surface area contributed by atoms with E-state index in [1.807, 2.05) is 30.3 Å². The van der Waals surface area contributed by atoms with E-state index in [2.05, 4.69) is 145 Å². The topological polar surface area (TPSA) is 21.3 Å². The van der Waals surface area contributed by atoms with Gasteiger partial charge in [-0.05, 0) is 28.8 Å². The highest BCUT2D eigenvalue weighted by atomic mass is 35.5. The predicted octanol–water partition coefficient (Wildman–Crippen LogP) is 9.30. The molecule has 1 heterocycles. The van der Waals surface area contributed by atoms with E-state index in [1.165, 1.54) is 0 Å². The zero-order valence-electron chi connectivity index (χ0n) is 23.0. The van der Waals surface area contributed by atoms with Crippen LogP contribution in [0.2, 0.25) is 5.02 Å². The monoisotopic (exact) mass is 563 g/mol. The van der Waals surface area contributed by atoms with Crippen molar-refractivity contribution < 1.29 is 4.74 Å². The molecule has 6 aromatic carbocycles. The molecular formula is C39H30ClNO. The first-order chi connectivity index (χ1) is 20.7. The Morgan fingerprint density at radius 1 is 0.500 bits per heavy atom. The van der Waals surface area contributed by atoms with Gasteiger partial charge >= 0.3 is 0 Å². The molecule has 0 saturated carbocycles. The van der Waals surface area contributed by atoms with Gasteiger partial charge in [0, 0.05) is 21.7 Å². The Labute approximate surface area is 252 Å². The summed E-state index contributed by atoms with van der Waals surface area (Å²) in [6.45, 7) is 0. The molecular weight excluding hydrogens is 534 g/mol. The Morgan fingerprint density at radius 2 is 0.905 bits per heavy atom. The molecule has 0 fully saturated rings. The molecule has 1 atom stereocenters. The van der Waals surface area contributed by atoms with Gasteiger partial charge in [-0.1, -0.05) is 169 Å². The molecule has 3 heteroatoms. The smallest absolute Gasteiger partial charge is 0.179 e. The third-order valence-electron chi connectivity index (χ3n) is 8.37. The number of nitrogens with one attached hydrogen (secondary N) is 1. The molecule has 0 aromatic heterocycles. The zero-order valence-corrected chi connectivity index (χ0v) is 23.8. The van der Waals surface area contributed by atoms with Gasteiger partial charge in [0.1, 0.15) is 5.75 Å². The number of ether oxygens (including phenoxy) is 1. The average Bonchev–Trinajstić information content (AvgIpc) is 3.41. The van der Waals surface area contributed by atoms with Crippen LogP contribution in [-0.4, -0.2) is 0 Å². The van der Waals surface area contributed by atoms with Crippen molar-refractivity contribution in [3.05, 3.63) is 208 Å². The molecule has 0 amide bonds. The molecule has 0 aliphatic carbocycles. The first kappa shape index (κ1) is 26.3. The van der Waals surface area contributed by atoms with Gasteiger partial charge in [0.2, 0.25) is 0 Å². The second-order valence-corrected chi connectivity index (χ2v) is 11.1. The average molecular weight is 564 g/mol. The molecule has 0 saturated heterocycles. The standard InChI is InChI=1S/C39H30ClNO/c40-34-27-16-28-35-36(34)37(39(42-35,32-23-12-4-13-24-32)33-25-14-5-15-26-33)41-38(29-17-6-1-7-18-29,30-19-8-2-9-20-30)31-21-10-3-11-22-31/h1-28,37,41H/t37-/m1/s1. The lowest BCUT2D eigenvalue weighted by Gasteiger charge is -2.44. The van der Waals surface area contributed by atoms with Gasteiger partial charge in [0.15, 0.2) is 5.60 Å². The summed E-state index contributed by atoms with van der Waals surface area (Å²) in [6.07, 6.45) is 0. The number of benzene rings is 6. The van der Waals surface area contributed by atoms with Crippen LogP contribution in [0.15, 0.2) is 170 Å². The summed E-state index contributed by atoms with van der Waals surface area (Å²) in [5.41, 5.74) is 4.76. The third kappa shape index (κ3) is 4.23. The van der Waals surface area contributed by atoms with Crippen molar-refractivity contribution in [2.75, 3.05) is 0 Å². The van der Waals surface area contributed by atoms with Crippen molar-refractivity contribution in [3.63, 3.8) is 0 Å². The molecule has 7 rings (SSSR count). The number of rotatable bonds is 7. The van der Waals surface area contributed by atoms with Gasteiger partial charge in [0.05, 0.1) is 11.6 Å². The van der Waals surface area contributed by atoms with Crippen LogP contribution in [-0.2, 0) is 11.1 Å². The van der Waals surface area contributed by atoms with Gasteiger partial charge in [-0.3, -0.25) is 5.32 Å². The van der Waals surface area contributed by atoms with E-state index in [-0.39, 0.29) is 6.04 Å². The van der Waals surface area contributed by atoms with Crippen LogP contribution in [0.25, 0.3) is 0 Å². The van der Waals surface area contributed by atoms with Crippen molar-refractivity contribution in [2.24, 2.45) is 0 Å². The molecule has 0 bridgehead atoms. The molecule has 1 N–H and O–H groups in total. The molecule has 6 aromatic rings. The quantitative estimate of drug-likeness (QED) is 0.195. The minimum absolute atomic E-state index is 0.369. The molecule has 1 aliphatic rings. The molecule has 204 valence electrons. The molecule has 0 radical (unpaired) electrons. The lowest BCUT2D eigenvalue weighted by atomic mass is 9.72. The maximum atomic E-state index is 7.17. The number of hydrogen-bond donors (Lipinski definition) is 1. The molecule has 0 spiro atoms. The van der Waals surface area contributed by atoms with E-state index in [4.69, 9.17) is 16.3 Å². The fourth-order valence-corrected chi connectivity index (χ4v) is 6.79. The fourth-order valence-electron chi connectivity index (χ4n) is 6.52. The Bertz CT molecular complexity index is 1640. The SMILES string of the molecule is Clc1cccc2c1[C@@H](NC(c1ccccc1)(c1ccccc1)c1ccccc1)C(c1ccccc1)(c1ccccc1)O2. The van der Waals surface area contributed by atoms with E-state index < -0.39 is 11.1 Å². The Hall–Kier alpha value is -4.63. The minimum atomic E-state index is -0.903. The molecule has 2 nitrogen and oxygen atoms in total. The highest BCUT2D eigenvalue weighted by molar-refractivity contribution is 6.31. The fraction of sp³-hybridized carbons (Fsp3) is 0.0769. The zero-order chi connectivity index (χ0) is 28.4. The minimum Gasteiger partial charge on any atom is -0.475 e. The van der Waals surface area contributed by atoms with Gasteiger partial charge in [-0.15, -0.1) is 0 Å². The Kier molecular flexibility index (Phi) is 6.87. The van der Waals surface area contributed by atoms with E-state index in [9.17, 15) is 0 Å². The van der Waals surface area contributed by atoms with Crippen LogP contribution < -0.4 is 10.1 Å². The second kappa shape index (κ2) is 11.0. The second-order valence-electron chi connectivity index (χ2n) is 10.6. The summed E-state index contributed by atoms with van der Waals surface area (Å²) in [5.74, 6) is 0.774. The number of fused-ring (bicyclic) bond motifs is 1. The largest absolute Gasteiger partial charge is 0.475 e. The number of hydrogen-bond acceptors (Lipinski definition) is 2. The third-order valence-corrected chi connectivity index (χ3v) is 8.70. The Balaban J connectivity index is 1.57. The normalized spacial score (nSPS) is 15.5. The van der Waals surface area contributed by atoms with Gasteiger partial charge < -0.3 is 4.74 Å². The van der Waals surface area contributed by atoms with Crippen LogP contribution >= 0.6 is 11.6 Å². The van der Waals surface area contributed by atoms with Crippen LogP contribution in [0.4, 0.5) is 0 Å². The van der Waals surface area contributed by atoms with Crippen molar-refractivity contribution >= 4 is 11.6 Å². The van der Waals surface area contributed by atoms with Crippen molar-refractivity contribution in [2.45, 2.75) is 17.2 Å². The van der Waals surface area contributed by atoms with Gasteiger partial charge in [-0.25, -0.2) is 0 Å². The summed E-state index contributed by atoms with van der Waals surface area (Å²) < 4.78 is 7.17. The van der Waals surface area contributed by atoms with E-state index in [0.29, 0.717) is 5.02 Å². The first-order valence-electron chi connectivity index (χ1n) is 14.3. The highest BCUT2D eigenvalue weighted by Crippen LogP contribution is 2.56. The van der Waals surface area contributed by atoms with E-state index in [1.54, 1.807) is 0 Å². The Morgan fingerprint density at radius 3 is 1.33 bits per heavy atom. The van der Waals surface area contributed by atoms with Gasteiger partial charge in [0.25, 0.3) is 0 Å². The van der Waals surface area contributed by atoms with Crippen molar-refractivity contribution in [1.29, 1.82) is 0 Å². The van der Waals surface area contributed by atoms with Crippen LogP contribution in [0.3, 0.4) is 0 Å². The summed E-state index contributed by atoms with van der Waals surface area (Å²) in [7, 11) is 0. The van der Waals surface area contributed by atoms with Crippen LogP contribution in [0.1, 0.15) is 39.4 Å². The number of halogens is 1. The van der Waals surface area contributed by atoms with Gasteiger partial charge in [-0.2, -0.15) is 0 Å². The summed E-state index contributed by atoms with van der Waals surface area (Å²) in [4.78, 5) is 0. The van der Waals surface area contributed by atoms with Crippen molar-refractivity contribution in [3.8, 4) is 5.75 Å². The maximum absolute atomic E-state index is 7.17. The maximum Gasteiger partial charge on any atom is 0.179 e. The molecule has 0 unspecified atom stereocenters. The van der Waals surface area contributed by atoms with Crippen LogP contribution in [0, 0.1) is 0 Å². The van der Waals surface area contributed by atoms with E-state index >= 15 is 0 Å². The highest BCUT2D eigenvalue weighted by Gasteiger charge is 2.55. The summed E-state index contributed by atoms with van der Waals surface area (Å²) in [6, 6.07) is 58.5. The summed E-state index contributed by atoms with van der Waals surface area (Å²) >= 11 is 7.11. The first-order valence-corrected chi connectivity index (χ1v) is 14.6. The van der Waals surface area contributed by atoms with Crippen LogP contribution in [0.5, 0.6) is 5.75 Å². The molecule has 1 aliphatic heterocycles. The summed E-state index contributed by atoms with van der Waals surface area (Å²) in [5, 5.41) is 4.92. The lowest BCUT2D eigenvalue weighted by Crippen LogP contribution is -2.53. The predicted molar refractivity (Wildman–Crippen MR) is 171 cm³/mol. The lowest BCUT2D eigenvalue weighted by molar-refractivity contribution is 0.0873. The van der Waals surface area contributed by atoms with E-state index in [0.717, 1.165) is 39.1 Å². The van der Waals surface area contributed by atoms with Crippen molar-refractivity contribution in [1.82, 2.24) is 5.32 Å². The molecule has 42 heavy (non-hydrogen) atoms.